The van der Waals surface area contributed by atoms with E-state index in [1.807, 2.05) is 24.3 Å². The maximum atomic E-state index is 11.7. The minimum absolute atomic E-state index is 0.144. The Bertz CT molecular complexity index is 1100. The predicted molar refractivity (Wildman–Crippen MR) is 108 cm³/mol. The standard InChI is InChI=1S/C18H21N5O3S2/c1-3-11-26-15-6-4-5-14(12-15)17-21-23-16(19-20-18(23)27-17)13-7-9-22(10-8-13)28(2,24)25/h3-6,12-13H,1,7-11H2,2H3. The van der Waals surface area contributed by atoms with E-state index in [0.717, 1.165) is 27.1 Å². The molecule has 28 heavy (non-hydrogen) atoms. The van der Waals surface area contributed by atoms with Gasteiger partial charge in [-0.15, -0.1) is 10.2 Å². The normalized spacial score (nSPS) is 16.5. The summed E-state index contributed by atoms with van der Waals surface area (Å²) in [6.45, 7) is 5.11. The largest absolute Gasteiger partial charge is 0.490 e. The summed E-state index contributed by atoms with van der Waals surface area (Å²) in [5, 5.41) is 14.1. The van der Waals surface area contributed by atoms with Crippen molar-refractivity contribution in [2.75, 3.05) is 26.0 Å². The van der Waals surface area contributed by atoms with E-state index in [2.05, 4.69) is 16.8 Å². The second kappa shape index (κ2) is 7.61. The van der Waals surface area contributed by atoms with Crippen LogP contribution >= 0.6 is 11.3 Å². The van der Waals surface area contributed by atoms with Crippen LogP contribution in [-0.4, -0.2) is 58.5 Å². The third-order valence-corrected chi connectivity index (χ3v) is 7.00. The third kappa shape index (κ3) is 3.80. The Morgan fingerprint density at radius 1 is 1.32 bits per heavy atom. The van der Waals surface area contributed by atoms with Gasteiger partial charge in [0.15, 0.2) is 5.82 Å². The van der Waals surface area contributed by atoms with Gasteiger partial charge in [0, 0.05) is 24.6 Å². The number of sulfonamides is 1. The molecule has 1 aromatic carbocycles. The van der Waals surface area contributed by atoms with Crippen LogP contribution in [-0.2, 0) is 10.0 Å². The molecule has 0 aliphatic carbocycles. The highest BCUT2D eigenvalue weighted by Gasteiger charge is 2.29. The summed E-state index contributed by atoms with van der Waals surface area (Å²) in [6.07, 6.45) is 4.39. The average Bonchev–Trinajstić information content (AvgIpc) is 3.27. The zero-order valence-electron chi connectivity index (χ0n) is 15.5. The minimum Gasteiger partial charge on any atom is -0.490 e. The number of hydrogen-bond acceptors (Lipinski definition) is 7. The number of benzene rings is 1. The van der Waals surface area contributed by atoms with E-state index in [-0.39, 0.29) is 5.92 Å². The van der Waals surface area contributed by atoms with Crippen LogP contribution in [0.4, 0.5) is 0 Å². The van der Waals surface area contributed by atoms with E-state index < -0.39 is 10.0 Å². The van der Waals surface area contributed by atoms with Gasteiger partial charge in [-0.25, -0.2) is 12.7 Å². The highest BCUT2D eigenvalue weighted by atomic mass is 32.2. The van der Waals surface area contributed by atoms with Gasteiger partial charge in [0.1, 0.15) is 17.4 Å². The molecule has 1 aliphatic heterocycles. The molecule has 0 atom stereocenters. The molecule has 10 heteroatoms. The molecular weight excluding hydrogens is 398 g/mol. The zero-order chi connectivity index (χ0) is 19.7. The van der Waals surface area contributed by atoms with Crippen molar-refractivity contribution in [2.24, 2.45) is 0 Å². The van der Waals surface area contributed by atoms with Crippen LogP contribution < -0.4 is 4.74 Å². The molecule has 0 N–H and O–H groups in total. The molecule has 0 radical (unpaired) electrons. The quantitative estimate of drug-likeness (QED) is 0.571. The van der Waals surface area contributed by atoms with E-state index in [0.29, 0.717) is 32.5 Å². The Morgan fingerprint density at radius 2 is 2.11 bits per heavy atom. The predicted octanol–water partition coefficient (Wildman–Crippen LogP) is 2.56. The molecule has 3 heterocycles. The van der Waals surface area contributed by atoms with Crippen molar-refractivity contribution in [1.82, 2.24) is 24.1 Å². The zero-order valence-corrected chi connectivity index (χ0v) is 17.1. The lowest BCUT2D eigenvalue weighted by Crippen LogP contribution is -2.37. The molecule has 0 unspecified atom stereocenters. The van der Waals surface area contributed by atoms with Crippen LogP contribution in [0, 0.1) is 0 Å². The molecule has 3 aromatic rings. The van der Waals surface area contributed by atoms with E-state index in [1.54, 1.807) is 10.6 Å². The first-order valence-corrected chi connectivity index (χ1v) is 11.6. The number of ether oxygens (including phenoxy) is 1. The Labute approximate surface area is 167 Å². The molecule has 0 bridgehead atoms. The molecule has 148 valence electrons. The van der Waals surface area contributed by atoms with Gasteiger partial charge >= 0.3 is 0 Å². The molecule has 0 saturated carbocycles. The van der Waals surface area contributed by atoms with Gasteiger partial charge in [-0.1, -0.05) is 36.1 Å². The van der Waals surface area contributed by atoms with Gasteiger partial charge in [-0.3, -0.25) is 0 Å². The fraction of sp³-hybridized carbons (Fsp3) is 0.389. The number of piperidine rings is 1. The lowest BCUT2D eigenvalue weighted by molar-refractivity contribution is 0.313. The lowest BCUT2D eigenvalue weighted by Gasteiger charge is -2.28. The number of aromatic nitrogens is 4. The first kappa shape index (κ1) is 19.0. The van der Waals surface area contributed by atoms with Gasteiger partial charge < -0.3 is 4.74 Å². The summed E-state index contributed by atoms with van der Waals surface area (Å²) in [6, 6.07) is 7.75. The summed E-state index contributed by atoms with van der Waals surface area (Å²) in [4.78, 5) is 0.730. The summed E-state index contributed by atoms with van der Waals surface area (Å²) >= 11 is 1.47. The third-order valence-electron chi connectivity index (χ3n) is 4.75. The van der Waals surface area contributed by atoms with E-state index in [4.69, 9.17) is 9.84 Å². The average molecular weight is 420 g/mol. The van der Waals surface area contributed by atoms with Gasteiger partial charge in [0.25, 0.3) is 0 Å². The molecule has 4 rings (SSSR count). The van der Waals surface area contributed by atoms with Gasteiger partial charge in [-0.2, -0.15) is 9.61 Å². The Balaban J connectivity index is 1.57. The molecule has 2 aromatic heterocycles. The summed E-state index contributed by atoms with van der Waals surface area (Å²) in [5.74, 6) is 1.70. The van der Waals surface area contributed by atoms with Crippen molar-refractivity contribution >= 4 is 26.3 Å². The van der Waals surface area contributed by atoms with Crippen molar-refractivity contribution in [2.45, 2.75) is 18.8 Å². The van der Waals surface area contributed by atoms with Crippen LogP contribution in [0.25, 0.3) is 15.5 Å². The topological polar surface area (TPSA) is 89.7 Å². The number of rotatable bonds is 6. The van der Waals surface area contributed by atoms with Gasteiger partial charge in [0.05, 0.1) is 6.26 Å². The second-order valence-corrected chi connectivity index (χ2v) is 9.66. The summed E-state index contributed by atoms with van der Waals surface area (Å²) in [7, 11) is -3.14. The van der Waals surface area contributed by atoms with Crippen LogP contribution in [0.15, 0.2) is 36.9 Å². The lowest BCUT2D eigenvalue weighted by atomic mass is 9.97. The van der Waals surface area contributed by atoms with Gasteiger partial charge in [-0.05, 0) is 25.0 Å². The molecule has 1 saturated heterocycles. The smallest absolute Gasteiger partial charge is 0.234 e. The van der Waals surface area contributed by atoms with Crippen LogP contribution in [0.2, 0.25) is 0 Å². The van der Waals surface area contributed by atoms with Crippen molar-refractivity contribution in [3.05, 3.63) is 42.7 Å². The highest BCUT2D eigenvalue weighted by Crippen LogP contribution is 2.32. The fourth-order valence-electron chi connectivity index (χ4n) is 3.32. The number of hydrogen-bond donors (Lipinski definition) is 0. The van der Waals surface area contributed by atoms with Gasteiger partial charge in [0.2, 0.25) is 15.0 Å². The van der Waals surface area contributed by atoms with Crippen LogP contribution in [0.5, 0.6) is 5.75 Å². The fourth-order valence-corrected chi connectivity index (χ4v) is 5.04. The van der Waals surface area contributed by atoms with Crippen molar-refractivity contribution < 1.29 is 13.2 Å². The molecule has 1 fully saturated rings. The maximum absolute atomic E-state index is 11.7. The van der Waals surface area contributed by atoms with E-state index in [9.17, 15) is 8.42 Å². The minimum atomic E-state index is -3.14. The van der Waals surface area contributed by atoms with Crippen molar-refractivity contribution in [1.29, 1.82) is 0 Å². The Morgan fingerprint density at radius 3 is 2.82 bits per heavy atom. The Hall–Kier alpha value is -2.30. The van der Waals surface area contributed by atoms with Crippen molar-refractivity contribution in [3.8, 4) is 16.3 Å². The molecule has 1 aliphatic rings. The summed E-state index contributed by atoms with van der Waals surface area (Å²) < 4.78 is 32.3. The Kier molecular flexibility index (Phi) is 5.17. The van der Waals surface area contributed by atoms with E-state index in [1.165, 1.54) is 21.9 Å². The number of nitrogens with zero attached hydrogens (tertiary/aromatic N) is 5. The molecule has 8 nitrogen and oxygen atoms in total. The molecule has 0 spiro atoms. The highest BCUT2D eigenvalue weighted by molar-refractivity contribution is 7.88. The molecule has 0 amide bonds. The van der Waals surface area contributed by atoms with Crippen LogP contribution in [0.1, 0.15) is 24.6 Å². The van der Waals surface area contributed by atoms with E-state index >= 15 is 0 Å². The number of fused-ring (bicyclic) bond motifs is 1. The first-order chi connectivity index (χ1) is 13.5. The summed E-state index contributed by atoms with van der Waals surface area (Å²) in [5.41, 5.74) is 0.954. The maximum Gasteiger partial charge on any atom is 0.234 e. The first-order valence-electron chi connectivity index (χ1n) is 8.97. The molecular formula is C18H21N5O3S2. The SMILES string of the molecule is C=CCOc1cccc(-c2nn3c(C4CCN(S(C)(=O)=O)CC4)nnc3s2)c1. The van der Waals surface area contributed by atoms with Crippen LogP contribution in [0.3, 0.4) is 0 Å². The monoisotopic (exact) mass is 419 g/mol. The van der Waals surface area contributed by atoms with Crippen molar-refractivity contribution in [3.63, 3.8) is 0 Å². The second-order valence-electron chi connectivity index (χ2n) is 6.72.